The molecular formula is C21H25ClN2. The molecule has 0 saturated carbocycles. The zero-order valence-electron chi connectivity index (χ0n) is 14.9. The Balaban J connectivity index is 2.05. The maximum atomic E-state index is 6.38. The molecule has 0 aliphatic heterocycles. The smallest absolute Gasteiger partial charge is 0.0493 e. The van der Waals surface area contributed by atoms with Crippen molar-refractivity contribution in [1.82, 2.24) is 9.88 Å². The van der Waals surface area contributed by atoms with Crippen molar-refractivity contribution in [2.75, 3.05) is 0 Å². The molecular weight excluding hydrogens is 316 g/mol. The molecule has 2 nitrogen and oxygen atoms in total. The van der Waals surface area contributed by atoms with Gasteiger partial charge in [-0.25, -0.2) is 0 Å². The molecule has 0 spiro atoms. The summed E-state index contributed by atoms with van der Waals surface area (Å²) in [6.07, 6.45) is 0. The Morgan fingerprint density at radius 3 is 2.38 bits per heavy atom. The molecule has 0 bridgehead atoms. The molecule has 3 heteroatoms. The Hall–Kier alpha value is -1.77. The standard InChI is InChI=1S/C21H25ClN2/c1-15-18(13-23-21(2,3)4)17-10-6-8-12-20(17)24(15)14-16-9-5-7-11-19(16)22/h5-12,23H,13-14H2,1-4H3. The van der Waals surface area contributed by atoms with Crippen LogP contribution >= 0.6 is 11.6 Å². The van der Waals surface area contributed by atoms with Crippen molar-refractivity contribution in [3.05, 3.63) is 70.4 Å². The van der Waals surface area contributed by atoms with E-state index in [0.29, 0.717) is 0 Å². The maximum absolute atomic E-state index is 6.38. The first-order valence-corrected chi connectivity index (χ1v) is 8.80. The van der Waals surface area contributed by atoms with Crippen LogP contribution in [0, 0.1) is 6.92 Å². The molecule has 126 valence electrons. The zero-order chi connectivity index (χ0) is 17.3. The summed E-state index contributed by atoms with van der Waals surface area (Å²) in [5.41, 5.74) is 5.18. The third-order valence-electron chi connectivity index (χ3n) is 4.44. The number of nitrogens with one attached hydrogen (secondary N) is 1. The minimum atomic E-state index is 0.0956. The summed E-state index contributed by atoms with van der Waals surface area (Å²) in [6.45, 7) is 10.5. The molecule has 0 saturated heterocycles. The topological polar surface area (TPSA) is 17.0 Å². The quantitative estimate of drug-likeness (QED) is 0.659. The summed E-state index contributed by atoms with van der Waals surface area (Å²) >= 11 is 6.38. The molecule has 3 rings (SSSR count). The van der Waals surface area contributed by atoms with E-state index in [9.17, 15) is 0 Å². The van der Waals surface area contributed by atoms with Gasteiger partial charge in [0.05, 0.1) is 0 Å². The molecule has 0 radical (unpaired) electrons. The molecule has 1 N–H and O–H groups in total. The molecule has 0 aliphatic rings. The molecule has 3 aromatic rings. The number of aromatic nitrogens is 1. The molecule has 0 unspecified atom stereocenters. The highest BCUT2D eigenvalue weighted by atomic mass is 35.5. The molecule has 1 heterocycles. The normalized spacial score (nSPS) is 12.0. The third-order valence-corrected chi connectivity index (χ3v) is 4.81. The fraction of sp³-hybridized carbons (Fsp3) is 0.333. The van der Waals surface area contributed by atoms with E-state index in [-0.39, 0.29) is 5.54 Å². The van der Waals surface area contributed by atoms with Gasteiger partial charge in [0.15, 0.2) is 0 Å². The lowest BCUT2D eigenvalue weighted by Crippen LogP contribution is -2.35. The van der Waals surface area contributed by atoms with Crippen molar-refractivity contribution < 1.29 is 0 Å². The van der Waals surface area contributed by atoms with E-state index in [2.05, 4.69) is 67.9 Å². The predicted molar refractivity (Wildman–Crippen MR) is 104 cm³/mol. The Kier molecular flexibility index (Phi) is 4.71. The molecule has 2 aromatic carbocycles. The van der Waals surface area contributed by atoms with E-state index in [1.807, 2.05) is 18.2 Å². The first-order valence-electron chi connectivity index (χ1n) is 8.42. The van der Waals surface area contributed by atoms with Crippen LogP contribution in [0.25, 0.3) is 10.9 Å². The largest absolute Gasteiger partial charge is 0.340 e. The number of fused-ring (bicyclic) bond motifs is 1. The van der Waals surface area contributed by atoms with Crippen LogP contribution < -0.4 is 5.32 Å². The Morgan fingerprint density at radius 2 is 1.67 bits per heavy atom. The van der Waals surface area contributed by atoms with Gasteiger partial charge in [0, 0.05) is 40.2 Å². The number of hydrogen-bond acceptors (Lipinski definition) is 1. The SMILES string of the molecule is Cc1c(CNC(C)(C)C)c2ccccc2n1Cc1ccccc1Cl. The summed E-state index contributed by atoms with van der Waals surface area (Å²) in [4.78, 5) is 0. The van der Waals surface area contributed by atoms with Gasteiger partial charge in [-0.05, 0) is 51.0 Å². The fourth-order valence-electron chi connectivity index (χ4n) is 3.08. The minimum Gasteiger partial charge on any atom is -0.340 e. The van der Waals surface area contributed by atoms with Gasteiger partial charge in [0.1, 0.15) is 0 Å². The highest BCUT2D eigenvalue weighted by Crippen LogP contribution is 2.28. The van der Waals surface area contributed by atoms with Crippen molar-refractivity contribution >= 4 is 22.5 Å². The lowest BCUT2D eigenvalue weighted by molar-refractivity contribution is 0.424. The van der Waals surface area contributed by atoms with Gasteiger partial charge in [0.2, 0.25) is 0 Å². The van der Waals surface area contributed by atoms with Crippen molar-refractivity contribution in [3.63, 3.8) is 0 Å². The van der Waals surface area contributed by atoms with Gasteiger partial charge in [0.25, 0.3) is 0 Å². The Labute approximate surface area is 149 Å². The van der Waals surface area contributed by atoms with Gasteiger partial charge >= 0.3 is 0 Å². The average molecular weight is 341 g/mol. The van der Waals surface area contributed by atoms with Crippen LogP contribution in [0.1, 0.15) is 37.6 Å². The van der Waals surface area contributed by atoms with Crippen molar-refractivity contribution in [2.24, 2.45) is 0 Å². The second-order valence-corrected chi connectivity index (χ2v) is 7.77. The maximum Gasteiger partial charge on any atom is 0.0493 e. The van der Waals surface area contributed by atoms with Crippen molar-refractivity contribution in [1.29, 1.82) is 0 Å². The minimum absolute atomic E-state index is 0.0956. The summed E-state index contributed by atoms with van der Waals surface area (Å²) in [5, 5.41) is 5.76. The average Bonchev–Trinajstić information content (AvgIpc) is 2.79. The molecule has 0 atom stereocenters. The monoisotopic (exact) mass is 340 g/mol. The van der Waals surface area contributed by atoms with Crippen LogP contribution in [-0.4, -0.2) is 10.1 Å². The van der Waals surface area contributed by atoms with Gasteiger partial charge < -0.3 is 9.88 Å². The van der Waals surface area contributed by atoms with E-state index in [4.69, 9.17) is 11.6 Å². The number of nitrogens with zero attached hydrogens (tertiary/aromatic N) is 1. The number of hydrogen-bond donors (Lipinski definition) is 1. The van der Waals surface area contributed by atoms with E-state index in [1.165, 1.54) is 22.2 Å². The van der Waals surface area contributed by atoms with Crippen LogP contribution in [0.5, 0.6) is 0 Å². The van der Waals surface area contributed by atoms with E-state index in [0.717, 1.165) is 23.7 Å². The van der Waals surface area contributed by atoms with E-state index in [1.54, 1.807) is 0 Å². The van der Waals surface area contributed by atoms with Crippen molar-refractivity contribution in [3.8, 4) is 0 Å². The first kappa shape index (κ1) is 17.1. The number of benzene rings is 2. The predicted octanol–water partition coefficient (Wildman–Crippen LogP) is 5.54. The summed E-state index contributed by atoms with van der Waals surface area (Å²) in [5.74, 6) is 0. The zero-order valence-corrected chi connectivity index (χ0v) is 15.6. The van der Waals surface area contributed by atoms with E-state index >= 15 is 0 Å². The molecule has 24 heavy (non-hydrogen) atoms. The van der Waals surface area contributed by atoms with Crippen LogP contribution in [0.15, 0.2) is 48.5 Å². The lowest BCUT2D eigenvalue weighted by Gasteiger charge is -2.20. The number of rotatable bonds is 4. The highest BCUT2D eigenvalue weighted by molar-refractivity contribution is 6.31. The number of halogens is 1. The summed E-state index contributed by atoms with van der Waals surface area (Å²) in [6, 6.07) is 16.7. The highest BCUT2D eigenvalue weighted by Gasteiger charge is 2.17. The molecule has 1 aromatic heterocycles. The van der Waals surface area contributed by atoms with Crippen LogP contribution in [0.3, 0.4) is 0 Å². The second-order valence-electron chi connectivity index (χ2n) is 7.36. The first-order chi connectivity index (χ1) is 11.4. The van der Waals surface area contributed by atoms with Crippen molar-refractivity contribution in [2.45, 2.75) is 46.3 Å². The molecule has 0 fully saturated rings. The van der Waals surface area contributed by atoms with Gasteiger partial charge in [-0.1, -0.05) is 48.0 Å². The summed E-state index contributed by atoms with van der Waals surface area (Å²) in [7, 11) is 0. The fourth-order valence-corrected chi connectivity index (χ4v) is 3.28. The summed E-state index contributed by atoms with van der Waals surface area (Å²) < 4.78 is 2.37. The van der Waals surface area contributed by atoms with Crippen LogP contribution in [0.2, 0.25) is 5.02 Å². The van der Waals surface area contributed by atoms with Gasteiger partial charge in [-0.2, -0.15) is 0 Å². The third kappa shape index (κ3) is 3.50. The van der Waals surface area contributed by atoms with Gasteiger partial charge in [-0.3, -0.25) is 0 Å². The van der Waals surface area contributed by atoms with Crippen LogP contribution in [0.4, 0.5) is 0 Å². The molecule has 0 amide bonds. The van der Waals surface area contributed by atoms with Gasteiger partial charge in [-0.15, -0.1) is 0 Å². The molecule has 0 aliphatic carbocycles. The Bertz CT molecular complexity index is 856. The van der Waals surface area contributed by atoms with Crippen LogP contribution in [-0.2, 0) is 13.1 Å². The lowest BCUT2D eigenvalue weighted by atomic mass is 10.1. The second kappa shape index (κ2) is 6.62. The number of para-hydroxylation sites is 1. The van der Waals surface area contributed by atoms with E-state index < -0.39 is 0 Å². The Morgan fingerprint density at radius 1 is 1.00 bits per heavy atom.